The predicted octanol–water partition coefficient (Wildman–Crippen LogP) is 2.32. The molecule has 1 amide bonds. The average molecular weight is 345 g/mol. The lowest BCUT2D eigenvalue weighted by molar-refractivity contribution is -0.130. The number of nitrogens with one attached hydrogen (secondary N) is 1. The fourth-order valence-electron chi connectivity index (χ4n) is 2.17. The quantitative estimate of drug-likeness (QED) is 0.736. The molecule has 114 valence electrons. The molecule has 0 aromatic carbocycles. The van der Waals surface area contributed by atoms with E-state index in [1.165, 1.54) is 0 Å². The summed E-state index contributed by atoms with van der Waals surface area (Å²) in [4.78, 5) is 13.7. The molecule has 0 fully saturated rings. The summed E-state index contributed by atoms with van der Waals surface area (Å²) in [5.74, 6) is 0.210. The van der Waals surface area contributed by atoms with Crippen molar-refractivity contribution >= 4 is 21.8 Å². The maximum atomic E-state index is 11.9. The van der Waals surface area contributed by atoms with Crippen molar-refractivity contribution in [2.45, 2.75) is 47.2 Å². The Balaban J connectivity index is 2.44. The van der Waals surface area contributed by atoms with Gasteiger partial charge >= 0.3 is 0 Å². The van der Waals surface area contributed by atoms with E-state index >= 15 is 0 Å². The highest BCUT2D eigenvalue weighted by atomic mass is 79.9. The highest BCUT2D eigenvalue weighted by molar-refractivity contribution is 9.10. The van der Waals surface area contributed by atoms with Crippen LogP contribution in [0.1, 0.15) is 38.6 Å². The van der Waals surface area contributed by atoms with Crippen LogP contribution in [0.25, 0.3) is 0 Å². The molecule has 1 N–H and O–H groups in total. The van der Waals surface area contributed by atoms with Gasteiger partial charge in [-0.1, -0.05) is 0 Å². The van der Waals surface area contributed by atoms with Gasteiger partial charge in [-0.25, -0.2) is 0 Å². The van der Waals surface area contributed by atoms with Gasteiger partial charge in [0.15, 0.2) is 0 Å². The monoisotopic (exact) mass is 344 g/mol. The molecular weight excluding hydrogens is 320 g/mol. The van der Waals surface area contributed by atoms with E-state index in [2.05, 4.69) is 33.3 Å². The fourth-order valence-corrected chi connectivity index (χ4v) is 2.60. The van der Waals surface area contributed by atoms with E-state index in [1.54, 1.807) is 0 Å². The SMILES string of the molecule is CCN(CC)C(=O)CCNCc1c(Br)c(C)nn1CC. The molecule has 0 radical (unpaired) electrons. The summed E-state index contributed by atoms with van der Waals surface area (Å²) in [7, 11) is 0. The normalized spacial score (nSPS) is 10.8. The summed E-state index contributed by atoms with van der Waals surface area (Å²) in [5.41, 5.74) is 2.14. The van der Waals surface area contributed by atoms with Crippen LogP contribution in [0.5, 0.6) is 0 Å². The molecule has 0 bridgehead atoms. The lowest BCUT2D eigenvalue weighted by Gasteiger charge is -2.18. The molecular formula is C14H25BrN4O. The molecule has 0 atom stereocenters. The van der Waals surface area contributed by atoms with Crippen molar-refractivity contribution < 1.29 is 4.79 Å². The Morgan fingerprint density at radius 2 is 2.00 bits per heavy atom. The van der Waals surface area contributed by atoms with Gasteiger partial charge in [0.05, 0.1) is 15.9 Å². The largest absolute Gasteiger partial charge is 0.343 e. The van der Waals surface area contributed by atoms with Crippen LogP contribution >= 0.6 is 15.9 Å². The second kappa shape index (κ2) is 8.42. The number of aryl methyl sites for hydroxylation is 2. The zero-order valence-corrected chi connectivity index (χ0v) is 14.5. The molecule has 1 aromatic heterocycles. The first-order valence-corrected chi connectivity index (χ1v) is 8.04. The van der Waals surface area contributed by atoms with Gasteiger partial charge in [-0.2, -0.15) is 5.10 Å². The van der Waals surface area contributed by atoms with Crippen molar-refractivity contribution in [2.75, 3.05) is 19.6 Å². The van der Waals surface area contributed by atoms with Gasteiger partial charge in [0.1, 0.15) is 0 Å². The zero-order valence-electron chi connectivity index (χ0n) is 12.9. The maximum Gasteiger partial charge on any atom is 0.223 e. The van der Waals surface area contributed by atoms with Crippen LogP contribution in [0.2, 0.25) is 0 Å². The lowest BCUT2D eigenvalue weighted by atomic mass is 10.3. The number of halogens is 1. The van der Waals surface area contributed by atoms with Crippen molar-refractivity contribution in [2.24, 2.45) is 0 Å². The first-order chi connectivity index (χ1) is 9.54. The molecule has 0 saturated carbocycles. The van der Waals surface area contributed by atoms with E-state index in [4.69, 9.17) is 0 Å². The Bertz CT molecular complexity index is 441. The Kier molecular flexibility index (Phi) is 7.23. The van der Waals surface area contributed by atoms with Gasteiger partial charge in [0.2, 0.25) is 5.91 Å². The molecule has 0 saturated heterocycles. The molecule has 0 aliphatic carbocycles. The van der Waals surface area contributed by atoms with E-state index in [0.29, 0.717) is 13.0 Å². The van der Waals surface area contributed by atoms with Crippen LogP contribution in [-0.2, 0) is 17.9 Å². The van der Waals surface area contributed by atoms with Crippen LogP contribution in [0.15, 0.2) is 4.47 Å². The third kappa shape index (κ3) is 4.31. The van der Waals surface area contributed by atoms with E-state index in [1.807, 2.05) is 30.4 Å². The molecule has 1 heterocycles. The Hall–Kier alpha value is -0.880. The first kappa shape index (κ1) is 17.2. The highest BCUT2D eigenvalue weighted by Crippen LogP contribution is 2.20. The van der Waals surface area contributed by atoms with E-state index in [9.17, 15) is 4.79 Å². The third-order valence-electron chi connectivity index (χ3n) is 3.38. The van der Waals surface area contributed by atoms with Crippen LogP contribution in [-0.4, -0.2) is 40.2 Å². The molecule has 0 aliphatic rings. The van der Waals surface area contributed by atoms with E-state index < -0.39 is 0 Å². The predicted molar refractivity (Wildman–Crippen MR) is 84.6 cm³/mol. The van der Waals surface area contributed by atoms with Crippen LogP contribution in [0, 0.1) is 6.92 Å². The number of hydrogen-bond donors (Lipinski definition) is 1. The Morgan fingerprint density at radius 1 is 1.35 bits per heavy atom. The minimum absolute atomic E-state index is 0.210. The van der Waals surface area contributed by atoms with Crippen molar-refractivity contribution in [3.05, 3.63) is 15.9 Å². The number of rotatable bonds is 8. The average Bonchev–Trinajstić information content (AvgIpc) is 2.72. The summed E-state index contributed by atoms with van der Waals surface area (Å²) >= 11 is 3.57. The Labute approximate surface area is 129 Å². The molecule has 0 unspecified atom stereocenters. The van der Waals surface area contributed by atoms with Gasteiger partial charge < -0.3 is 10.2 Å². The summed E-state index contributed by atoms with van der Waals surface area (Å²) in [6.07, 6.45) is 0.540. The highest BCUT2D eigenvalue weighted by Gasteiger charge is 2.12. The molecule has 20 heavy (non-hydrogen) atoms. The number of carbonyl (C=O) groups is 1. The molecule has 5 nitrogen and oxygen atoms in total. The topological polar surface area (TPSA) is 50.2 Å². The van der Waals surface area contributed by atoms with Crippen LogP contribution < -0.4 is 5.32 Å². The van der Waals surface area contributed by atoms with Crippen molar-refractivity contribution in [1.29, 1.82) is 0 Å². The Morgan fingerprint density at radius 3 is 2.55 bits per heavy atom. The number of amides is 1. The molecule has 6 heteroatoms. The maximum absolute atomic E-state index is 11.9. The molecule has 0 spiro atoms. The van der Waals surface area contributed by atoms with Gasteiger partial charge in [-0.05, 0) is 43.6 Å². The van der Waals surface area contributed by atoms with Gasteiger partial charge in [0.25, 0.3) is 0 Å². The second-order valence-electron chi connectivity index (χ2n) is 4.65. The van der Waals surface area contributed by atoms with Crippen molar-refractivity contribution in [3.8, 4) is 0 Å². The van der Waals surface area contributed by atoms with E-state index in [0.717, 1.165) is 42.0 Å². The second-order valence-corrected chi connectivity index (χ2v) is 5.45. The summed E-state index contributed by atoms with van der Waals surface area (Å²) < 4.78 is 3.04. The smallest absolute Gasteiger partial charge is 0.223 e. The van der Waals surface area contributed by atoms with Crippen molar-refractivity contribution in [3.63, 3.8) is 0 Å². The summed E-state index contributed by atoms with van der Waals surface area (Å²) in [5, 5.41) is 7.78. The first-order valence-electron chi connectivity index (χ1n) is 7.25. The van der Waals surface area contributed by atoms with Crippen LogP contribution in [0.4, 0.5) is 0 Å². The summed E-state index contributed by atoms with van der Waals surface area (Å²) in [6, 6.07) is 0. The minimum Gasteiger partial charge on any atom is -0.343 e. The summed E-state index contributed by atoms with van der Waals surface area (Å²) in [6.45, 7) is 11.9. The fraction of sp³-hybridized carbons (Fsp3) is 0.714. The number of hydrogen-bond acceptors (Lipinski definition) is 3. The number of carbonyl (C=O) groups excluding carboxylic acids is 1. The number of nitrogens with zero attached hydrogens (tertiary/aromatic N) is 3. The third-order valence-corrected chi connectivity index (χ3v) is 4.41. The van der Waals surface area contributed by atoms with Gasteiger partial charge in [-0.3, -0.25) is 9.48 Å². The molecule has 1 rings (SSSR count). The van der Waals surface area contributed by atoms with Crippen LogP contribution in [0.3, 0.4) is 0 Å². The standard InChI is InChI=1S/C14H25BrN4O/c1-5-18(6-2)13(20)8-9-16-10-12-14(15)11(4)17-19(12)7-3/h16H,5-10H2,1-4H3. The van der Waals surface area contributed by atoms with Gasteiger partial charge in [0, 0.05) is 39.1 Å². The minimum atomic E-state index is 0.210. The molecule has 0 aliphatic heterocycles. The zero-order chi connectivity index (χ0) is 15.1. The molecule has 1 aromatic rings. The van der Waals surface area contributed by atoms with Crippen molar-refractivity contribution in [1.82, 2.24) is 20.0 Å². The van der Waals surface area contributed by atoms with Gasteiger partial charge in [-0.15, -0.1) is 0 Å². The lowest BCUT2D eigenvalue weighted by Crippen LogP contribution is -2.32. The number of aromatic nitrogens is 2. The van der Waals surface area contributed by atoms with E-state index in [-0.39, 0.29) is 5.91 Å².